The molecule has 2 fully saturated rings. The van der Waals surface area contributed by atoms with Gasteiger partial charge < -0.3 is 15.6 Å². The van der Waals surface area contributed by atoms with Crippen molar-refractivity contribution in [1.82, 2.24) is 19.5 Å². The van der Waals surface area contributed by atoms with Crippen LogP contribution in [0.2, 0.25) is 10.0 Å². The number of benzene rings is 1. The minimum atomic E-state index is -4.02. The number of hydrogen-bond acceptors (Lipinski definition) is 10. The summed E-state index contributed by atoms with van der Waals surface area (Å²) in [6.07, 6.45) is 1.13. The molecule has 2 saturated heterocycles. The van der Waals surface area contributed by atoms with E-state index in [1.54, 1.807) is 29.7 Å². The fourth-order valence-electron chi connectivity index (χ4n) is 4.71. The summed E-state index contributed by atoms with van der Waals surface area (Å²) in [4.78, 5) is 12.4. The van der Waals surface area contributed by atoms with E-state index in [4.69, 9.17) is 47.2 Å². The van der Waals surface area contributed by atoms with E-state index in [0.29, 0.717) is 33.2 Å². The fourth-order valence-corrected chi connectivity index (χ4v) is 6.69. The number of nitrogen functional groups attached to an aromatic ring is 1. The Balaban J connectivity index is 1.35. The summed E-state index contributed by atoms with van der Waals surface area (Å²) in [7, 11) is -4.02. The molecule has 2 aromatic heterocycles. The lowest BCUT2D eigenvalue weighted by Gasteiger charge is -2.39. The zero-order valence-electron chi connectivity index (χ0n) is 20.7. The minimum absolute atomic E-state index is 0.154. The van der Waals surface area contributed by atoms with Crippen LogP contribution in [0.5, 0.6) is 0 Å². The van der Waals surface area contributed by atoms with Gasteiger partial charge >= 0.3 is 7.82 Å². The smallest absolute Gasteiger partial charge is 0.385 e. The first-order valence-electron chi connectivity index (χ1n) is 11.7. The van der Waals surface area contributed by atoms with Crippen LogP contribution in [-0.4, -0.2) is 48.5 Å². The number of fused-ring (bicyclic) bond motifs is 1. The third-order valence-electron chi connectivity index (χ3n) is 6.93. The Hall–Kier alpha value is -1.82. The van der Waals surface area contributed by atoms with Gasteiger partial charge in [-0.05, 0) is 38.5 Å². The summed E-state index contributed by atoms with van der Waals surface area (Å²) >= 11 is 12.2. The maximum Gasteiger partial charge on any atom is 0.475 e. The number of aliphatic hydroxyl groups is 1. The van der Waals surface area contributed by atoms with Gasteiger partial charge in [-0.1, -0.05) is 36.2 Å². The second-order valence-corrected chi connectivity index (χ2v) is 12.6. The molecule has 5 rings (SSSR count). The monoisotopic (exact) mass is 571 g/mol. The largest absolute Gasteiger partial charge is 0.475 e. The van der Waals surface area contributed by atoms with Crippen LogP contribution in [0.4, 0.5) is 5.82 Å². The molecule has 11 nitrogen and oxygen atoms in total. The molecular formula is C23H28Cl2N5O6P. The van der Waals surface area contributed by atoms with Crippen molar-refractivity contribution in [1.29, 1.82) is 0 Å². The van der Waals surface area contributed by atoms with Gasteiger partial charge in [-0.15, -0.1) is 0 Å². The number of hydrogen-bond donors (Lipinski definition) is 2. The van der Waals surface area contributed by atoms with E-state index >= 15 is 0 Å². The van der Waals surface area contributed by atoms with Gasteiger partial charge in [-0.25, -0.2) is 19.5 Å². The Kier molecular flexibility index (Phi) is 6.82. The van der Waals surface area contributed by atoms with Gasteiger partial charge in [0.25, 0.3) is 0 Å². The number of nitrogens with zero attached hydrogens (tertiary/aromatic N) is 4. The van der Waals surface area contributed by atoms with Crippen molar-refractivity contribution < 1.29 is 28.0 Å². The molecular weight excluding hydrogens is 544 g/mol. The molecule has 37 heavy (non-hydrogen) atoms. The molecule has 4 heterocycles. The first-order valence-corrected chi connectivity index (χ1v) is 13.9. The molecule has 2 aliphatic rings. The molecule has 0 bridgehead atoms. The molecule has 0 aliphatic carbocycles. The molecule has 0 radical (unpaired) electrons. The molecule has 0 spiro atoms. The molecule has 200 valence electrons. The fraction of sp³-hybridized carbons (Fsp3) is 0.522. The summed E-state index contributed by atoms with van der Waals surface area (Å²) in [5, 5.41) is 12.1. The Morgan fingerprint density at radius 1 is 1.24 bits per heavy atom. The molecule has 1 aromatic carbocycles. The first kappa shape index (κ1) is 26.8. The molecule has 14 heteroatoms. The Labute approximate surface area is 223 Å². The van der Waals surface area contributed by atoms with E-state index in [2.05, 4.69) is 15.0 Å². The number of nitrogens with two attached hydrogens (primary N) is 1. The van der Waals surface area contributed by atoms with E-state index < -0.39 is 43.4 Å². The van der Waals surface area contributed by atoms with E-state index in [0.717, 1.165) is 0 Å². The van der Waals surface area contributed by atoms with Gasteiger partial charge in [0.05, 0.1) is 40.8 Å². The van der Waals surface area contributed by atoms with Crippen LogP contribution in [0, 0.1) is 5.92 Å². The van der Waals surface area contributed by atoms with Gasteiger partial charge in [-0.3, -0.25) is 18.1 Å². The van der Waals surface area contributed by atoms with Gasteiger partial charge in [0.15, 0.2) is 17.7 Å². The van der Waals surface area contributed by atoms with Crippen LogP contribution < -0.4 is 5.73 Å². The normalized spacial score (nSPS) is 33.7. The van der Waals surface area contributed by atoms with Crippen molar-refractivity contribution in [3.05, 3.63) is 46.5 Å². The summed E-state index contributed by atoms with van der Waals surface area (Å²) in [6.45, 7) is 6.93. The SMILES string of the molecule is C[C@@H]1[C@@H](CO[P@]2(=O)O[C@H](c3ccc(Cl)c(Cl)c3)CC(C)(C)O2)O[C@@H](n2cnc3c(N)ncnc32)[C@]1(C)O. The van der Waals surface area contributed by atoms with Crippen LogP contribution in [0.25, 0.3) is 11.2 Å². The standard InChI is InChI=1S/C23H28Cl2N5O6P/c1-12-17(34-21(23(12,4)31)30-11-29-18-19(26)27-10-28-20(18)30)9-33-37(32)35-16(8-22(2,3)36-37)13-5-6-14(24)15(25)7-13/h5-7,10-12,16-17,21,31H,8-9H2,1-4H3,(H2,26,27,28)/t12-,16+,17-,21-,23-,37-/m1/s1. The van der Waals surface area contributed by atoms with Gasteiger partial charge in [0.2, 0.25) is 0 Å². The van der Waals surface area contributed by atoms with Crippen LogP contribution >= 0.6 is 31.0 Å². The number of phosphoric acid groups is 1. The number of phosphoric ester groups is 1. The van der Waals surface area contributed by atoms with Crippen molar-refractivity contribution in [3.8, 4) is 0 Å². The highest BCUT2D eigenvalue weighted by Gasteiger charge is 2.53. The average molecular weight is 572 g/mol. The van der Waals surface area contributed by atoms with Crippen molar-refractivity contribution in [3.63, 3.8) is 0 Å². The van der Waals surface area contributed by atoms with E-state index in [1.165, 1.54) is 12.7 Å². The predicted molar refractivity (Wildman–Crippen MR) is 137 cm³/mol. The number of anilines is 1. The maximum absolute atomic E-state index is 13.6. The number of aromatic nitrogens is 4. The average Bonchev–Trinajstić information content (AvgIpc) is 3.33. The van der Waals surface area contributed by atoms with Gasteiger partial charge in [0, 0.05) is 12.3 Å². The van der Waals surface area contributed by atoms with Gasteiger partial charge in [-0.2, -0.15) is 0 Å². The van der Waals surface area contributed by atoms with Crippen LogP contribution in [-0.2, 0) is 22.9 Å². The highest BCUT2D eigenvalue weighted by molar-refractivity contribution is 7.48. The number of ether oxygens (including phenoxy) is 1. The molecule has 0 saturated carbocycles. The second kappa shape index (κ2) is 9.43. The predicted octanol–water partition coefficient (Wildman–Crippen LogP) is 5.08. The molecule has 0 amide bonds. The zero-order chi connectivity index (χ0) is 26.8. The highest BCUT2D eigenvalue weighted by Crippen LogP contribution is 2.62. The second-order valence-electron chi connectivity index (χ2n) is 10.2. The quantitative estimate of drug-likeness (QED) is 0.397. The maximum atomic E-state index is 13.6. The molecule has 3 aromatic rings. The molecule has 0 unspecified atom stereocenters. The van der Waals surface area contributed by atoms with Crippen molar-refractivity contribution in [2.75, 3.05) is 12.3 Å². The third kappa shape index (κ3) is 4.99. The first-order chi connectivity index (χ1) is 17.3. The summed E-state index contributed by atoms with van der Waals surface area (Å²) in [6, 6.07) is 5.10. The lowest BCUT2D eigenvalue weighted by molar-refractivity contribution is -0.0932. The summed E-state index contributed by atoms with van der Waals surface area (Å²) in [5.74, 6) is -0.206. The Morgan fingerprint density at radius 2 is 2.00 bits per heavy atom. The number of imidazole rings is 1. The van der Waals surface area contributed by atoms with E-state index in [1.807, 2.05) is 20.8 Å². The number of halogens is 2. The summed E-state index contributed by atoms with van der Waals surface area (Å²) in [5.41, 5.74) is 5.28. The third-order valence-corrected chi connectivity index (χ3v) is 9.36. The Morgan fingerprint density at radius 3 is 2.73 bits per heavy atom. The zero-order valence-corrected chi connectivity index (χ0v) is 23.1. The lowest BCUT2D eigenvalue weighted by atomic mass is 9.88. The Bertz CT molecular complexity index is 1380. The van der Waals surface area contributed by atoms with Gasteiger partial charge in [0.1, 0.15) is 17.4 Å². The minimum Gasteiger partial charge on any atom is -0.385 e. The molecule has 2 aliphatic heterocycles. The number of rotatable bonds is 5. The summed E-state index contributed by atoms with van der Waals surface area (Å²) < 4.78 is 38.8. The molecule has 6 atom stereocenters. The lowest BCUT2D eigenvalue weighted by Crippen LogP contribution is -2.38. The van der Waals surface area contributed by atoms with Crippen LogP contribution in [0.15, 0.2) is 30.9 Å². The van der Waals surface area contributed by atoms with Crippen molar-refractivity contribution >= 4 is 48.0 Å². The highest BCUT2D eigenvalue weighted by atomic mass is 35.5. The van der Waals surface area contributed by atoms with Crippen LogP contribution in [0.1, 0.15) is 52.0 Å². The molecule has 3 N–H and O–H groups in total. The topological polar surface area (TPSA) is 144 Å². The van der Waals surface area contributed by atoms with Crippen molar-refractivity contribution in [2.24, 2.45) is 5.92 Å². The van der Waals surface area contributed by atoms with E-state index in [-0.39, 0.29) is 12.4 Å². The van der Waals surface area contributed by atoms with E-state index in [9.17, 15) is 9.67 Å². The van der Waals surface area contributed by atoms with Crippen molar-refractivity contribution in [2.45, 2.75) is 63.8 Å². The van der Waals surface area contributed by atoms with Crippen LogP contribution in [0.3, 0.4) is 0 Å².